The van der Waals surface area contributed by atoms with E-state index < -0.39 is 52.8 Å². The molecule has 74 heavy (non-hydrogen) atoms. The Bertz CT molecular complexity index is 2740. The summed E-state index contributed by atoms with van der Waals surface area (Å²) in [6.45, 7) is 4.54. The predicted molar refractivity (Wildman–Crippen MR) is 261 cm³/mol. The molecule has 0 radical (unpaired) electrons. The maximum Gasteiger partial charge on any atom is 0.290 e. The molecule has 6 N–H and O–H groups in total. The summed E-state index contributed by atoms with van der Waals surface area (Å²) in [5.41, 5.74) is 5.95. The third-order valence-corrected chi connectivity index (χ3v) is 13.6. The number of phenolic OH excluding ortho intramolecular Hbond substituents is 2. The van der Waals surface area contributed by atoms with Crippen molar-refractivity contribution in [3.05, 3.63) is 128 Å². The first-order chi connectivity index (χ1) is 34.5. The Balaban J connectivity index is 0.000000220. The highest BCUT2D eigenvalue weighted by Gasteiger charge is 2.41. The Hall–Kier alpha value is -7.23. The van der Waals surface area contributed by atoms with E-state index in [1.807, 2.05) is 24.3 Å². The molecule has 17 nitrogen and oxygen atoms in total. The third-order valence-electron chi connectivity index (χ3n) is 13.6. The molecule has 6 heterocycles. The fourth-order valence-corrected chi connectivity index (χ4v) is 9.90. The lowest BCUT2D eigenvalue weighted by Gasteiger charge is -2.32. The Morgan fingerprint density at radius 1 is 0.595 bits per heavy atom. The monoisotopic (exact) mass is 1050 g/mol. The SMILES string of the molecule is C.Cl.O=C1CCC(N2Cc3cc(C4CCN(Cc5cc(F)c(O)c(F)c5)CC4)ccc3C2=O)C(=O)N1.O=C1CCC(N2Cc3cc(C4CCNCC4)ccc3C2=O)C(=O)N1.O=CO.O=Cc1cc(F)c(O)c(F)c1. The zero-order valence-corrected chi connectivity index (χ0v) is 40.0. The number of nitrogens with one attached hydrogen (secondary N) is 3. The maximum absolute atomic E-state index is 13.6. The van der Waals surface area contributed by atoms with Gasteiger partial charge in [-0.15, -0.1) is 12.4 Å². The van der Waals surface area contributed by atoms with Crippen molar-refractivity contribution in [1.29, 1.82) is 0 Å². The Morgan fingerprint density at radius 3 is 1.41 bits per heavy atom. The minimum atomic E-state index is -1.13. The molecule has 4 aromatic carbocycles. The van der Waals surface area contributed by atoms with E-state index in [4.69, 9.17) is 15.0 Å². The van der Waals surface area contributed by atoms with Crippen LogP contribution in [0.1, 0.15) is 130 Å². The van der Waals surface area contributed by atoms with E-state index in [1.54, 1.807) is 9.80 Å². The van der Waals surface area contributed by atoms with Crippen molar-refractivity contribution in [2.75, 3.05) is 26.2 Å². The zero-order chi connectivity index (χ0) is 51.8. The molecule has 0 aromatic heterocycles. The molecule has 0 aliphatic carbocycles. The van der Waals surface area contributed by atoms with Gasteiger partial charge in [0.2, 0.25) is 23.6 Å². The summed E-state index contributed by atoms with van der Waals surface area (Å²) in [6, 6.07) is 14.6. The number of fused-ring (bicyclic) bond motifs is 2. The van der Waals surface area contributed by atoms with E-state index in [0.717, 1.165) is 92.8 Å². The average molecular weight is 1050 g/mol. The summed E-state index contributed by atoms with van der Waals surface area (Å²) in [5.74, 6) is -6.96. The molecule has 6 aliphatic rings. The van der Waals surface area contributed by atoms with E-state index in [2.05, 4.69) is 33.0 Å². The van der Waals surface area contributed by atoms with Crippen LogP contribution in [0.25, 0.3) is 0 Å². The lowest BCUT2D eigenvalue weighted by Crippen LogP contribution is -2.52. The molecular formula is C52H57ClF4N6O11. The molecule has 0 saturated carbocycles. The number of hydrogen-bond donors (Lipinski definition) is 6. The average Bonchev–Trinajstić information content (AvgIpc) is 3.87. The van der Waals surface area contributed by atoms with Gasteiger partial charge in [-0.25, -0.2) is 17.6 Å². The largest absolute Gasteiger partial charge is 0.503 e. The topological polar surface area (TPSA) is 243 Å². The summed E-state index contributed by atoms with van der Waals surface area (Å²) in [7, 11) is 0. The van der Waals surface area contributed by atoms with E-state index in [9.17, 15) is 56.2 Å². The Morgan fingerprint density at radius 2 is 1.00 bits per heavy atom. The van der Waals surface area contributed by atoms with E-state index in [1.165, 1.54) is 5.56 Å². The number of aromatic hydroxyl groups is 2. The van der Waals surface area contributed by atoms with E-state index >= 15 is 0 Å². The number of hydrogen-bond acceptors (Lipinski definition) is 12. The Kier molecular flexibility index (Phi) is 20.0. The molecule has 396 valence electrons. The van der Waals surface area contributed by atoms with Crippen LogP contribution in [0.15, 0.2) is 60.7 Å². The van der Waals surface area contributed by atoms with Crippen LogP contribution in [0.4, 0.5) is 17.6 Å². The van der Waals surface area contributed by atoms with Gasteiger partial charge in [0.1, 0.15) is 18.4 Å². The number of piperidine rings is 4. The number of amides is 6. The number of rotatable bonds is 7. The zero-order valence-electron chi connectivity index (χ0n) is 39.2. The van der Waals surface area contributed by atoms with E-state index in [-0.39, 0.29) is 74.2 Å². The minimum absolute atomic E-state index is 0. The van der Waals surface area contributed by atoms with Crippen molar-refractivity contribution in [1.82, 2.24) is 30.7 Å². The van der Waals surface area contributed by atoms with Crippen molar-refractivity contribution in [2.45, 2.75) is 102 Å². The molecule has 6 amide bonds. The number of likely N-dealkylation sites (tertiary alicyclic amines) is 1. The molecule has 2 atom stereocenters. The molecule has 4 saturated heterocycles. The number of phenols is 2. The second-order valence-electron chi connectivity index (χ2n) is 18.2. The smallest absolute Gasteiger partial charge is 0.290 e. The van der Waals surface area contributed by atoms with Crippen molar-refractivity contribution < 1.29 is 71.2 Å². The van der Waals surface area contributed by atoms with Crippen molar-refractivity contribution in [2.24, 2.45) is 0 Å². The second-order valence-corrected chi connectivity index (χ2v) is 18.2. The van der Waals surface area contributed by atoms with Crippen LogP contribution in [0.5, 0.6) is 11.5 Å². The molecule has 10 rings (SSSR count). The standard InChI is InChI=1S/C25H25F2N3O4.C18H21N3O3.C7H4F2O2.CH2O2.CH4.ClH/c26-19-9-14(10-20(27)23(19)32)12-29-7-5-15(6-8-29)16-1-2-18-17(11-16)13-30(25(18)34)21-3-4-22(31)28-24(21)33;22-16-4-3-15(17(23)20-16)21-10-13-9-12(1-2-14(13)18(21)24)11-5-7-19-8-6-11;8-5-1-4(3-10)2-6(9)7(5)11;2-1-3;;/h1-2,9-11,15,21,32H,3-8,12-13H2,(H,28,31,33);1-2,9,11,15,19H,3-8,10H2,(H,20,22,23);1-3,11H;1H,(H,2,3);1H4;1H. The number of carbonyl (C=O) groups excluding carboxylic acids is 7. The number of carbonyl (C=O) groups is 8. The Labute approximate surface area is 429 Å². The first-order valence-corrected chi connectivity index (χ1v) is 23.4. The minimum Gasteiger partial charge on any atom is -0.503 e. The maximum atomic E-state index is 13.6. The molecule has 0 bridgehead atoms. The summed E-state index contributed by atoms with van der Waals surface area (Å²) in [6.07, 6.45) is 5.52. The number of nitrogens with zero attached hydrogens (tertiary/aromatic N) is 3. The quantitative estimate of drug-likeness (QED) is 0.0712. The van der Waals surface area contributed by atoms with Crippen LogP contribution in [0.2, 0.25) is 0 Å². The van der Waals surface area contributed by atoms with Gasteiger partial charge < -0.3 is 30.4 Å². The van der Waals surface area contributed by atoms with Gasteiger partial charge in [0, 0.05) is 49.2 Å². The highest BCUT2D eigenvalue weighted by Crippen LogP contribution is 2.36. The van der Waals surface area contributed by atoms with Crippen LogP contribution >= 0.6 is 12.4 Å². The highest BCUT2D eigenvalue weighted by atomic mass is 35.5. The van der Waals surface area contributed by atoms with Crippen molar-refractivity contribution in [3.63, 3.8) is 0 Å². The van der Waals surface area contributed by atoms with Crippen molar-refractivity contribution in [3.8, 4) is 11.5 Å². The van der Waals surface area contributed by atoms with Crippen LogP contribution in [0, 0.1) is 23.3 Å². The first kappa shape index (κ1) is 57.7. The van der Waals surface area contributed by atoms with Crippen LogP contribution < -0.4 is 16.0 Å². The normalized spacial score (nSPS) is 19.6. The lowest BCUT2D eigenvalue weighted by atomic mass is 9.87. The first-order valence-electron chi connectivity index (χ1n) is 23.4. The number of imide groups is 2. The van der Waals surface area contributed by atoms with Crippen LogP contribution in [-0.4, -0.2) is 116 Å². The summed E-state index contributed by atoms with van der Waals surface area (Å²) >= 11 is 0. The molecule has 4 fully saturated rings. The molecule has 2 unspecified atom stereocenters. The van der Waals surface area contributed by atoms with Gasteiger partial charge in [0.15, 0.2) is 34.8 Å². The van der Waals surface area contributed by atoms with Gasteiger partial charge in [-0.2, -0.15) is 0 Å². The van der Waals surface area contributed by atoms with Gasteiger partial charge in [0.25, 0.3) is 18.3 Å². The van der Waals surface area contributed by atoms with Crippen LogP contribution in [-0.2, 0) is 43.6 Å². The summed E-state index contributed by atoms with van der Waals surface area (Å²) in [5, 5.41) is 32.7. The predicted octanol–water partition coefficient (Wildman–Crippen LogP) is 5.97. The number of benzene rings is 4. The van der Waals surface area contributed by atoms with Gasteiger partial charge in [-0.3, -0.25) is 53.9 Å². The molecule has 0 spiro atoms. The highest BCUT2D eigenvalue weighted by molar-refractivity contribution is 6.06. The fourth-order valence-electron chi connectivity index (χ4n) is 9.90. The summed E-state index contributed by atoms with van der Waals surface area (Å²) in [4.78, 5) is 96.3. The van der Waals surface area contributed by atoms with Gasteiger partial charge in [0.05, 0.1) is 0 Å². The van der Waals surface area contributed by atoms with E-state index in [0.29, 0.717) is 67.3 Å². The second kappa shape index (κ2) is 25.6. The van der Waals surface area contributed by atoms with Crippen molar-refractivity contribution >= 4 is 60.6 Å². The molecule has 6 aliphatic heterocycles. The third kappa shape index (κ3) is 13.3. The number of carboxylic acid groups (broad SMARTS) is 1. The molecule has 22 heteroatoms. The summed E-state index contributed by atoms with van der Waals surface area (Å²) < 4.78 is 52.0. The fraction of sp³-hybridized carbons (Fsp3) is 0.385. The van der Waals surface area contributed by atoms with Crippen LogP contribution in [0.3, 0.4) is 0 Å². The van der Waals surface area contributed by atoms with Gasteiger partial charge >= 0.3 is 0 Å². The van der Waals surface area contributed by atoms with Gasteiger partial charge in [-0.05, 0) is 141 Å². The number of aldehydes is 1. The van der Waals surface area contributed by atoms with Gasteiger partial charge in [-0.1, -0.05) is 31.7 Å². The molecule has 4 aromatic rings. The number of halogens is 5. The lowest BCUT2D eigenvalue weighted by molar-refractivity contribution is -0.138. The molecular weight excluding hydrogens is 996 g/mol.